The summed E-state index contributed by atoms with van der Waals surface area (Å²) in [7, 11) is 1.56. The fraction of sp³-hybridized carbons (Fsp3) is 0.625. The molecule has 2 amide bonds. The first-order chi connectivity index (χ1) is 15.3. The van der Waals surface area contributed by atoms with Crippen LogP contribution in [0.4, 0.5) is 0 Å². The number of hydrogen-bond donors (Lipinski definition) is 3. The van der Waals surface area contributed by atoms with E-state index < -0.39 is 47.1 Å². The Balaban J connectivity index is 2.27. The Bertz CT molecular complexity index is 851. The molecule has 1 aromatic carbocycles. The van der Waals surface area contributed by atoms with Gasteiger partial charge in [-0.3, -0.25) is 9.59 Å². The number of carbonyl (C=O) groups is 3. The molecule has 1 heterocycles. The number of rotatable bonds is 9. The van der Waals surface area contributed by atoms with E-state index in [4.69, 9.17) is 15.2 Å². The Morgan fingerprint density at radius 1 is 1.24 bits per heavy atom. The van der Waals surface area contributed by atoms with Gasteiger partial charge in [-0.2, -0.15) is 0 Å². The van der Waals surface area contributed by atoms with Crippen molar-refractivity contribution in [2.24, 2.45) is 5.73 Å². The van der Waals surface area contributed by atoms with Crippen LogP contribution in [0.3, 0.4) is 0 Å². The lowest BCUT2D eigenvalue weighted by molar-refractivity contribution is -0.156. The Morgan fingerprint density at radius 2 is 1.85 bits per heavy atom. The number of amides is 2. The van der Waals surface area contributed by atoms with Gasteiger partial charge in [-0.25, -0.2) is 4.79 Å². The minimum atomic E-state index is -1.31. The van der Waals surface area contributed by atoms with Crippen LogP contribution in [0.2, 0.25) is 0 Å². The van der Waals surface area contributed by atoms with E-state index in [9.17, 15) is 19.5 Å². The average molecular weight is 464 g/mol. The molecule has 1 fully saturated rings. The van der Waals surface area contributed by atoms with Crippen molar-refractivity contribution in [2.45, 2.75) is 83.2 Å². The predicted octanol–water partition coefficient (Wildman–Crippen LogP) is 1.72. The van der Waals surface area contributed by atoms with E-state index in [0.29, 0.717) is 25.1 Å². The highest BCUT2D eigenvalue weighted by Gasteiger charge is 2.47. The highest BCUT2D eigenvalue weighted by atomic mass is 16.5. The molecule has 9 heteroatoms. The molecule has 184 valence electrons. The van der Waals surface area contributed by atoms with Crippen molar-refractivity contribution < 1.29 is 29.0 Å². The fourth-order valence-electron chi connectivity index (χ4n) is 4.04. The molecule has 9 nitrogen and oxygen atoms in total. The number of hydrogen-bond acceptors (Lipinski definition) is 6. The second-order valence-electron chi connectivity index (χ2n) is 9.75. The summed E-state index contributed by atoms with van der Waals surface area (Å²) in [5.41, 5.74) is 5.11. The zero-order chi connectivity index (χ0) is 25.0. The SMILES string of the molecule is COc1ccc(C[C@H](NC(=O)[C@@H](N)[C@@H](C)OC(C)(C)C)C(=O)N2CCC[C@@]2(C)C(=O)O)cc1. The standard InChI is InChI=1S/C24H37N3O6/c1-15(33-23(2,3)4)19(25)20(28)26-18(14-16-8-10-17(32-6)11-9-16)21(29)27-13-7-12-24(27,5)22(30)31/h8-11,15,18-19H,7,12-14,25H2,1-6H3,(H,26,28)(H,30,31)/t15-,18+,19+,24+/m1/s1. The molecule has 0 radical (unpaired) electrons. The van der Waals surface area contributed by atoms with E-state index in [1.807, 2.05) is 20.8 Å². The lowest BCUT2D eigenvalue weighted by atomic mass is 9.97. The second-order valence-corrected chi connectivity index (χ2v) is 9.75. The minimum Gasteiger partial charge on any atom is -0.497 e. The molecule has 4 atom stereocenters. The van der Waals surface area contributed by atoms with Crippen molar-refractivity contribution >= 4 is 17.8 Å². The largest absolute Gasteiger partial charge is 0.497 e. The van der Waals surface area contributed by atoms with Crippen molar-refractivity contribution in [3.8, 4) is 5.75 Å². The van der Waals surface area contributed by atoms with Crippen LogP contribution in [-0.4, -0.2) is 70.8 Å². The van der Waals surface area contributed by atoms with E-state index in [0.717, 1.165) is 5.56 Å². The Hall–Kier alpha value is -2.65. The van der Waals surface area contributed by atoms with Gasteiger partial charge in [0.25, 0.3) is 0 Å². The molecular formula is C24H37N3O6. The molecule has 1 aromatic rings. The topological polar surface area (TPSA) is 131 Å². The fourth-order valence-corrected chi connectivity index (χ4v) is 4.04. The molecule has 33 heavy (non-hydrogen) atoms. The molecule has 1 aliphatic rings. The van der Waals surface area contributed by atoms with Crippen molar-refractivity contribution in [3.63, 3.8) is 0 Å². The van der Waals surface area contributed by atoms with Gasteiger partial charge in [-0.05, 0) is 65.2 Å². The minimum absolute atomic E-state index is 0.183. The smallest absolute Gasteiger partial charge is 0.329 e. The summed E-state index contributed by atoms with van der Waals surface area (Å²) in [6.45, 7) is 9.15. The van der Waals surface area contributed by atoms with Gasteiger partial charge in [0.15, 0.2) is 0 Å². The number of carboxylic acid groups (broad SMARTS) is 1. The molecule has 4 N–H and O–H groups in total. The summed E-state index contributed by atoms with van der Waals surface area (Å²) in [5.74, 6) is -1.38. The van der Waals surface area contributed by atoms with Gasteiger partial charge < -0.3 is 30.5 Å². The van der Waals surface area contributed by atoms with Crippen molar-refractivity contribution in [2.75, 3.05) is 13.7 Å². The molecule has 1 saturated heterocycles. The third-order valence-electron chi connectivity index (χ3n) is 5.93. The Morgan fingerprint density at radius 3 is 2.36 bits per heavy atom. The molecule has 0 bridgehead atoms. The monoisotopic (exact) mass is 463 g/mol. The number of likely N-dealkylation sites (tertiary alicyclic amines) is 1. The Kier molecular flexibility index (Phi) is 8.48. The number of carbonyl (C=O) groups excluding carboxylic acids is 2. The third kappa shape index (κ3) is 6.68. The summed E-state index contributed by atoms with van der Waals surface area (Å²) in [5, 5.41) is 12.5. The summed E-state index contributed by atoms with van der Waals surface area (Å²) in [6.07, 6.45) is 0.529. The zero-order valence-electron chi connectivity index (χ0n) is 20.4. The van der Waals surface area contributed by atoms with Gasteiger partial charge in [-0.1, -0.05) is 12.1 Å². The van der Waals surface area contributed by atoms with Gasteiger partial charge in [0.1, 0.15) is 23.4 Å². The van der Waals surface area contributed by atoms with E-state index in [1.54, 1.807) is 38.3 Å². The number of nitrogens with two attached hydrogens (primary N) is 1. The van der Waals surface area contributed by atoms with E-state index >= 15 is 0 Å². The van der Waals surface area contributed by atoms with Crippen molar-refractivity contribution in [3.05, 3.63) is 29.8 Å². The summed E-state index contributed by atoms with van der Waals surface area (Å²) >= 11 is 0. The lowest BCUT2D eigenvalue weighted by Crippen LogP contribution is -2.60. The number of ether oxygens (including phenoxy) is 2. The summed E-state index contributed by atoms with van der Waals surface area (Å²) in [4.78, 5) is 39.7. The maximum Gasteiger partial charge on any atom is 0.329 e. The van der Waals surface area contributed by atoms with Crippen LogP contribution < -0.4 is 15.8 Å². The number of nitrogens with one attached hydrogen (secondary N) is 1. The molecule has 1 aliphatic heterocycles. The van der Waals surface area contributed by atoms with Crippen LogP contribution in [0.1, 0.15) is 53.0 Å². The highest BCUT2D eigenvalue weighted by molar-refractivity contribution is 5.93. The molecule has 0 spiro atoms. The highest BCUT2D eigenvalue weighted by Crippen LogP contribution is 2.30. The van der Waals surface area contributed by atoms with Gasteiger partial charge >= 0.3 is 5.97 Å². The second kappa shape index (κ2) is 10.5. The maximum absolute atomic E-state index is 13.5. The first-order valence-electron chi connectivity index (χ1n) is 11.2. The van der Waals surface area contributed by atoms with E-state index in [1.165, 1.54) is 11.8 Å². The molecule has 0 unspecified atom stereocenters. The van der Waals surface area contributed by atoms with Gasteiger partial charge in [0.2, 0.25) is 11.8 Å². The van der Waals surface area contributed by atoms with E-state index in [2.05, 4.69) is 5.32 Å². The number of nitrogens with zero attached hydrogens (tertiary/aromatic N) is 1. The Labute approximate surface area is 195 Å². The predicted molar refractivity (Wildman–Crippen MR) is 124 cm³/mol. The normalized spacial score (nSPS) is 21.2. The first-order valence-corrected chi connectivity index (χ1v) is 11.2. The van der Waals surface area contributed by atoms with Crippen LogP contribution in [0.5, 0.6) is 5.75 Å². The van der Waals surface area contributed by atoms with Crippen LogP contribution in [0, 0.1) is 0 Å². The molecule has 0 aromatic heterocycles. The number of carboxylic acids is 1. The number of aliphatic carboxylic acids is 1. The molecule has 0 aliphatic carbocycles. The lowest BCUT2D eigenvalue weighted by Gasteiger charge is -2.35. The zero-order valence-corrected chi connectivity index (χ0v) is 20.4. The van der Waals surface area contributed by atoms with Crippen LogP contribution in [-0.2, 0) is 25.5 Å². The van der Waals surface area contributed by atoms with E-state index in [-0.39, 0.29) is 6.42 Å². The van der Waals surface area contributed by atoms with Gasteiger partial charge in [-0.15, -0.1) is 0 Å². The van der Waals surface area contributed by atoms with Crippen molar-refractivity contribution in [1.29, 1.82) is 0 Å². The summed E-state index contributed by atoms with van der Waals surface area (Å²) in [6, 6.07) is 5.16. The number of benzene rings is 1. The molecular weight excluding hydrogens is 426 g/mol. The first kappa shape index (κ1) is 26.6. The van der Waals surface area contributed by atoms with Crippen LogP contribution >= 0.6 is 0 Å². The van der Waals surface area contributed by atoms with Crippen molar-refractivity contribution in [1.82, 2.24) is 10.2 Å². The molecule has 2 rings (SSSR count). The molecule has 0 saturated carbocycles. The van der Waals surface area contributed by atoms with Crippen LogP contribution in [0.25, 0.3) is 0 Å². The van der Waals surface area contributed by atoms with Gasteiger partial charge in [0.05, 0.1) is 18.8 Å². The van der Waals surface area contributed by atoms with Gasteiger partial charge in [0, 0.05) is 13.0 Å². The van der Waals surface area contributed by atoms with Crippen LogP contribution in [0.15, 0.2) is 24.3 Å². The maximum atomic E-state index is 13.5. The quantitative estimate of drug-likeness (QED) is 0.508. The third-order valence-corrected chi connectivity index (χ3v) is 5.93. The number of methoxy groups -OCH3 is 1. The average Bonchev–Trinajstić information content (AvgIpc) is 3.14. The summed E-state index contributed by atoms with van der Waals surface area (Å²) < 4.78 is 11.0.